The summed E-state index contributed by atoms with van der Waals surface area (Å²) in [5.41, 5.74) is 0. The van der Waals surface area contributed by atoms with Crippen molar-refractivity contribution in [2.75, 3.05) is 0 Å². The van der Waals surface area contributed by atoms with Crippen LogP contribution in [0.3, 0.4) is 0 Å². The molecule has 0 saturated heterocycles. The molecular formula is C20H15Al. The van der Waals surface area contributed by atoms with E-state index in [0.29, 0.717) is 0 Å². The van der Waals surface area contributed by atoms with Crippen molar-refractivity contribution in [2.45, 2.75) is 0 Å². The van der Waals surface area contributed by atoms with E-state index in [1.165, 1.54) is 30.4 Å². The van der Waals surface area contributed by atoms with Gasteiger partial charge in [-0.1, -0.05) is 84.9 Å². The Morgan fingerprint density at radius 2 is 0.857 bits per heavy atom. The smallest absolute Gasteiger partial charge is 0.101 e. The minimum Gasteiger partial charge on any atom is -0.101 e. The summed E-state index contributed by atoms with van der Waals surface area (Å²) in [5, 5.41) is 5.53. The zero-order chi connectivity index (χ0) is 14.1. The van der Waals surface area contributed by atoms with E-state index in [1.54, 1.807) is 0 Å². The summed E-state index contributed by atoms with van der Waals surface area (Å²) in [7, 11) is 0. The molecule has 1 heteroatoms. The maximum atomic E-state index is 2.30. The molecule has 0 bridgehead atoms. The van der Waals surface area contributed by atoms with Gasteiger partial charge >= 0.3 is 15.2 Å². The fourth-order valence-corrected chi connectivity index (χ4v) is 5.04. The number of hydrogen-bond acceptors (Lipinski definition) is 0. The minimum absolute atomic E-state index is 0.478. The van der Waals surface area contributed by atoms with E-state index >= 15 is 0 Å². The van der Waals surface area contributed by atoms with Gasteiger partial charge in [0.25, 0.3) is 0 Å². The molecule has 0 atom stereocenters. The van der Waals surface area contributed by atoms with Crippen molar-refractivity contribution >= 4 is 45.6 Å². The molecule has 0 fully saturated rings. The highest BCUT2D eigenvalue weighted by Crippen LogP contribution is 2.12. The molecule has 0 aliphatic heterocycles. The molecule has 0 heterocycles. The van der Waals surface area contributed by atoms with Crippen LogP contribution in [0.4, 0.5) is 0 Å². The Morgan fingerprint density at radius 1 is 0.429 bits per heavy atom. The Hall–Kier alpha value is -2.07. The Kier molecular flexibility index (Phi) is 3.24. The SMILES string of the molecule is c1ccc2[c]([AlH][c]3cccc4ccccc34)cccc2c1. The topological polar surface area (TPSA) is 0 Å². The fraction of sp³-hybridized carbons (Fsp3) is 0. The molecule has 0 amide bonds. The Balaban J connectivity index is 1.87. The minimum atomic E-state index is -0.478. The van der Waals surface area contributed by atoms with Crippen molar-refractivity contribution in [1.29, 1.82) is 0 Å². The standard InChI is InChI=1S/2C10H7.Al.H/c2*1-2-6-10-8-4-3-7-9(10)5-1;;/h2*1-7H;;. The average Bonchev–Trinajstić information content (AvgIpc) is 2.56. The lowest BCUT2D eigenvalue weighted by molar-refractivity contribution is 1.77. The van der Waals surface area contributed by atoms with E-state index in [9.17, 15) is 0 Å². The van der Waals surface area contributed by atoms with E-state index in [2.05, 4.69) is 84.9 Å². The molecule has 0 nitrogen and oxygen atoms in total. The van der Waals surface area contributed by atoms with Gasteiger partial charge in [-0.05, 0) is 21.5 Å². The number of benzene rings is 4. The summed E-state index contributed by atoms with van der Waals surface area (Å²) < 4.78 is 3.06. The van der Waals surface area contributed by atoms with E-state index in [0.717, 1.165) is 0 Å². The van der Waals surface area contributed by atoms with Crippen LogP contribution in [0.15, 0.2) is 84.9 Å². The van der Waals surface area contributed by atoms with Gasteiger partial charge in [-0.3, -0.25) is 0 Å². The molecule has 4 aromatic carbocycles. The molecule has 0 spiro atoms. The van der Waals surface area contributed by atoms with Crippen molar-refractivity contribution in [1.82, 2.24) is 0 Å². The second kappa shape index (κ2) is 5.37. The van der Waals surface area contributed by atoms with Crippen molar-refractivity contribution < 1.29 is 0 Å². The van der Waals surface area contributed by atoms with Crippen molar-refractivity contribution in [3.63, 3.8) is 0 Å². The van der Waals surface area contributed by atoms with Crippen LogP contribution in [0.1, 0.15) is 0 Å². The van der Waals surface area contributed by atoms with Crippen molar-refractivity contribution in [2.24, 2.45) is 0 Å². The van der Waals surface area contributed by atoms with Crippen molar-refractivity contribution in [3.8, 4) is 0 Å². The number of hydrogen-bond donors (Lipinski definition) is 0. The van der Waals surface area contributed by atoms with Crippen LogP contribution >= 0.6 is 0 Å². The van der Waals surface area contributed by atoms with Gasteiger partial charge in [0.1, 0.15) is 0 Å². The van der Waals surface area contributed by atoms with Gasteiger partial charge in [0.15, 0.2) is 0 Å². The lowest BCUT2D eigenvalue weighted by Gasteiger charge is -2.08. The Morgan fingerprint density at radius 3 is 1.38 bits per heavy atom. The van der Waals surface area contributed by atoms with Gasteiger partial charge in [0, 0.05) is 0 Å². The van der Waals surface area contributed by atoms with Gasteiger partial charge in [-0.2, -0.15) is 0 Å². The summed E-state index contributed by atoms with van der Waals surface area (Å²) in [6.07, 6.45) is 0. The molecular weight excluding hydrogens is 267 g/mol. The summed E-state index contributed by atoms with van der Waals surface area (Å²) in [5.74, 6) is 0. The molecule has 0 unspecified atom stereocenters. The van der Waals surface area contributed by atoms with E-state index in [1.807, 2.05) is 0 Å². The molecule has 21 heavy (non-hydrogen) atoms. The third-order valence-electron chi connectivity index (χ3n) is 4.14. The molecule has 0 radical (unpaired) electrons. The quantitative estimate of drug-likeness (QED) is 0.494. The van der Waals surface area contributed by atoms with E-state index in [-0.39, 0.29) is 0 Å². The zero-order valence-corrected chi connectivity index (χ0v) is 13.2. The summed E-state index contributed by atoms with van der Waals surface area (Å²) in [6, 6.07) is 30.8. The fourth-order valence-electron chi connectivity index (χ4n) is 3.10. The van der Waals surface area contributed by atoms with Crippen LogP contribution in [0.2, 0.25) is 0 Å². The summed E-state index contributed by atoms with van der Waals surface area (Å²) >= 11 is -0.478. The van der Waals surface area contributed by atoms with Gasteiger partial charge in [-0.25, -0.2) is 0 Å². The monoisotopic (exact) mass is 282 g/mol. The van der Waals surface area contributed by atoms with Crippen LogP contribution in [0.5, 0.6) is 0 Å². The normalized spacial score (nSPS) is 10.9. The summed E-state index contributed by atoms with van der Waals surface area (Å²) in [6.45, 7) is 0. The van der Waals surface area contributed by atoms with Crippen molar-refractivity contribution in [3.05, 3.63) is 84.9 Å². The Labute approximate surface area is 130 Å². The third-order valence-corrected chi connectivity index (χ3v) is 6.14. The van der Waals surface area contributed by atoms with Crippen LogP contribution in [-0.2, 0) is 0 Å². The summed E-state index contributed by atoms with van der Waals surface area (Å²) in [4.78, 5) is 0. The highest BCUT2D eigenvalue weighted by Gasteiger charge is 2.08. The number of rotatable bonds is 2. The first-order chi connectivity index (χ1) is 10.4. The predicted octanol–water partition coefficient (Wildman–Crippen LogP) is 3.38. The molecule has 4 aromatic rings. The van der Waals surface area contributed by atoms with Gasteiger partial charge in [0.05, 0.1) is 0 Å². The average molecular weight is 282 g/mol. The molecule has 98 valence electrons. The molecule has 0 N–H and O–H groups in total. The Bertz CT molecular complexity index is 837. The van der Waals surface area contributed by atoms with Gasteiger partial charge in [-0.15, -0.1) is 8.85 Å². The maximum Gasteiger partial charge on any atom is 0.325 e. The lowest BCUT2D eigenvalue weighted by atomic mass is 10.1. The second-order valence-corrected chi connectivity index (χ2v) is 7.33. The first-order valence-electron chi connectivity index (χ1n) is 7.35. The second-order valence-electron chi connectivity index (χ2n) is 5.45. The van der Waals surface area contributed by atoms with Crippen LogP contribution in [-0.4, -0.2) is 15.2 Å². The highest BCUT2D eigenvalue weighted by molar-refractivity contribution is 6.72. The van der Waals surface area contributed by atoms with E-state index in [4.69, 9.17) is 0 Å². The first kappa shape index (κ1) is 12.7. The first-order valence-corrected chi connectivity index (χ1v) is 8.76. The molecule has 0 aliphatic carbocycles. The number of fused-ring (bicyclic) bond motifs is 2. The predicted molar refractivity (Wildman–Crippen MR) is 94.3 cm³/mol. The molecule has 0 aliphatic rings. The molecule has 4 rings (SSSR count). The van der Waals surface area contributed by atoms with Crippen LogP contribution < -0.4 is 8.85 Å². The molecule has 0 saturated carbocycles. The van der Waals surface area contributed by atoms with Gasteiger partial charge in [0.2, 0.25) is 0 Å². The largest absolute Gasteiger partial charge is 0.325 e. The van der Waals surface area contributed by atoms with E-state index < -0.39 is 15.2 Å². The lowest BCUT2D eigenvalue weighted by Crippen LogP contribution is -2.28. The zero-order valence-electron chi connectivity index (χ0n) is 11.8. The maximum absolute atomic E-state index is 2.30. The molecule has 0 aromatic heterocycles. The van der Waals surface area contributed by atoms with Crippen LogP contribution in [0.25, 0.3) is 21.5 Å². The van der Waals surface area contributed by atoms with Crippen LogP contribution in [0, 0.1) is 0 Å². The third kappa shape index (κ3) is 2.36. The highest BCUT2D eigenvalue weighted by atomic mass is 27.1. The van der Waals surface area contributed by atoms with Gasteiger partial charge < -0.3 is 0 Å².